The highest BCUT2D eigenvalue weighted by atomic mass is 127. The summed E-state index contributed by atoms with van der Waals surface area (Å²) in [6.45, 7) is 3.14. The smallest absolute Gasteiger partial charge is 0.191 e. The number of hydrogen-bond donors (Lipinski definition) is 2. The van der Waals surface area contributed by atoms with Crippen LogP contribution in [-0.4, -0.2) is 49.6 Å². The number of benzene rings is 1. The summed E-state index contributed by atoms with van der Waals surface area (Å²) in [7, 11) is 1.83. The van der Waals surface area contributed by atoms with Gasteiger partial charge in [-0.25, -0.2) is 4.39 Å². The molecule has 0 bridgehead atoms. The maximum absolute atomic E-state index is 13.6. The number of hydrogen-bond acceptors (Lipinski definition) is 2. The summed E-state index contributed by atoms with van der Waals surface area (Å²) in [6.07, 6.45) is 8.94. The van der Waals surface area contributed by atoms with Crippen LogP contribution in [0.3, 0.4) is 0 Å². The Balaban J connectivity index is 0.00000210. The Labute approximate surface area is 179 Å². The lowest BCUT2D eigenvalue weighted by Gasteiger charge is -2.24. The maximum Gasteiger partial charge on any atom is 0.191 e. The summed E-state index contributed by atoms with van der Waals surface area (Å²) >= 11 is 0. The van der Waals surface area contributed by atoms with Gasteiger partial charge in [0.05, 0.1) is 0 Å². The molecule has 1 aromatic rings. The molecule has 1 heterocycles. The Morgan fingerprint density at radius 2 is 2.04 bits per heavy atom. The van der Waals surface area contributed by atoms with Gasteiger partial charge in [-0.3, -0.25) is 9.89 Å². The Kier molecular flexibility index (Phi) is 7.00. The summed E-state index contributed by atoms with van der Waals surface area (Å²) in [5.41, 5.74) is 1.18. The summed E-state index contributed by atoms with van der Waals surface area (Å²) in [6, 6.07) is 8.34. The van der Waals surface area contributed by atoms with E-state index in [-0.39, 0.29) is 35.2 Å². The van der Waals surface area contributed by atoms with Gasteiger partial charge in [-0.15, -0.1) is 24.0 Å². The SMILES string of the molecule is CN=C(NCC1(c2cccc(F)c2)CC1)NC1CCN(C2CCCC2)C1.I. The lowest BCUT2D eigenvalue weighted by molar-refractivity contribution is 0.242. The molecule has 27 heavy (non-hydrogen) atoms. The first-order valence-corrected chi connectivity index (χ1v) is 10.2. The molecule has 1 aromatic carbocycles. The van der Waals surface area contributed by atoms with Gasteiger partial charge in [0.25, 0.3) is 0 Å². The van der Waals surface area contributed by atoms with Crippen LogP contribution in [0.5, 0.6) is 0 Å². The molecule has 1 unspecified atom stereocenters. The third-order valence-corrected chi connectivity index (χ3v) is 6.51. The van der Waals surface area contributed by atoms with Gasteiger partial charge in [0, 0.05) is 44.2 Å². The van der Waals surface area contributed by atoms with Crippen molar-refractivity contribution in [2.75, 3.05) is 26.7 Å². The Bertz CT molecular complexity index is 655. The molecule has 0 amide bonds. The van der Waals surface area contributed by atoms with Crippen molar-refractivity contribution in [3.05, 3.63) is 35.6 Å². The fraction of sp³-hybridized carbons (Fsp3) is 0.667. The van der Waals surface area contributed by atoms with Crippen LogP contribution in [0.15, 0.2) is 29.3 Å². The van der Waals surface area contributed by atoms with Gasteiger partial charge in [0.2, 0.25) is 0 Å². The number of nitrogens with zero attached hydrogens (tertiary/aromatic N) is 2. The van der Waals surface area contributed by atoms with Gasteiger partial charge >= 0.3 is 0 Å². The van der Waals surface area contributed by atoms with E-state index in [4.69, 9.17) is 0 Å². The third kappa shape index (κ3) is 4.94. The number of aliphatic imine (C=N–C) groups is 1. The topological polar surface area (TPSA) is 39.7 Å². The molecule has 4 nitrogen and oxygen atoms in total. The van der Waals surface area contributed by atoms with Gasteiger partial charge in [0.15, 0.2) is 5.96 Å². The van der Waals surface area contributed by atoms with Crippen molar-refractivity contribution in [2.24, 2.45) is 4.99 Å². The van der Waals surface area contributed by atoms with E-state index in [1.165, 1.54) is 44.7 Å². The Hall–Kier alpha value is -0.890. The van der Waals surface area contributed by atoms with E-state index in [2.05, 4.69) is 20.5 Å². The lowest BCUT2D eigenvalue weighted by Crippen LogP contribution is -2.47. The van der Waals surface area contributed by atoms with E-state index in [1.54, 1.807) is 6.07 Å². The van der Waals surface area contributed by atoms with Crippen LogP contribution in [0.2, 0.25) is 0 Å². The quantitative estimate of drug-likeness (QED) is 0.379. The van der Waals surface area contributed by atoms with E-state index < -0.39 is 0 Å². The lowest BCUT2D eigenvalue weighted by atomic mass is 9.96. The molecule has 2 saturated carbocycles. The first kappa shape index (κ1) is 20.8. The van der Waals surface area contributed by atoms with E-state index >= 15 is 0 Å². The van der Waals surface area contributed by atoms with Crippen molar-refractivity contribution >= 4 is 29.9 Å². The monoisotopic (exact) mass is 486 g/mol. The zero-order valence-corrected chi connectivity index (χ0v) is 18.5. The number of likely N-dealkylation sites (tertiary alicyclic amines) is 1. The minimum absolute atomic E-state index is 0. The predicted molar refractivity (Wildman–Crippen MR) is 119 cm³/mol. The minimum Gasteiger partial charge on any atom is -0.356 e. The summed E-state index contributed by atoms with van der Waals surface area (Å²) in [5, 5.41) is 7.10. The molecule has 1 atom stereocenters. The molecule has 6 heteroatoms. The molecule has 0 aromatic heterocycles. The van der Waals surface area contributed by atoms with Gasteiger partial charge in [-0.1, -0.05) is 25.0 Å². The molecule has 3 fully saturated rings. The van der Waals surface area contributed by atoms with Crippen LogP contribution < -0.4 is 10.6 Å². The molecule has 1 aliphatic heterocycles. The number of halogens is 2. The summed E-state index contributed by atoms with van der Waals surface area (Å²) in [5.74, 6) is 0.736. The van der Waals surface area contributed by atoms with Crippen LogP contribution in [-0.2, 0) is 5.41 Å². The van der Waals surface area contributed by atoms with Crippen molar-refractivity contribution in [1.82, 2.24) is 15.5 Å². The number of guanidine groups is 1. The molecule has 1 saturated heterocycles. The molecular weight excluding hydrogens is 454 g/mol. The summed E-state index contributed by atoms with van der Waals surface area (Å²) in [4.78, 5) is 7.08. The maximum atomic E-state index is 13.6. The molecule has 0 spiro atoms. The highest BCUT2D eigenvalue weighted by molar-refractivity contribution is 14.0. The van der Waals surface area contributed by atoms with Crippen LogP contribution in [0.25, 0.3) is 0 Å². The van der Waals surface area contributed by atoms with Crippen molar-refractivity contribution in [3.63, 3.8) is 0 Å². The second-order valence-corrected chi connectivity index (χ2v) is 8.28. The minimum atomic E-state index is -0.144. The Morgan fingerprint density at radius 3 is 2.70 bits per heavy atom. The Morgan fingerprint density at radius 1 is 1.26 bits per heavy atom. The van der Waals surface area contributed by atoms with E-state index in [0.29, 0.717) is 6.04 Å². The zero-order valence-electron chi connectivity index (χ0n) is 16.2. The zero-order chi connectivity index (χ0) is 18.0. The first-order valence-electron chi connectivity index (χ1n) is 10.2. The van der Waals surface area contributed by atoms with Crippen molar-refractivity contribution in [2.45, 2.75) is 62.4 Å². The molecular formula is C21H32FIN4. The summed E-state index contributed by atoms with van der Waals surface area (Å²) < 4.78 is 13.6. The third-order valence-electron chi connectivity index (χ3n) is 6.51. The van der Waals surface area contributed by atoms with Crippen molar-refractivity contribution in [1.29, 1.82) is 0 Å². The van der Waals surface area contributed by atoms with Gasteiger partial charge in [0.1, 0.15) is 5.82 Å². The standard InChI is InChI=1S/C21H31FN4.HI/c1-23-20(25-18-9-12-26(14-18)19-7-2-3-8-19)24-15-21(10-11-21)16-5-4-6-17(22)13-16;/h4-6,13,18-19H,2-3,7-12,14-15H2,1H3,(H2,23,24,25);1H. The van der Waals surface area contributed by atoms with Crippen LogP contribution >= 0.6 is 24.0 Å². The molecule has 3 aliphatic rings. The van der Waals surface area contributed by atoms with Crippen molar-refractivity contribution < 1.29 is 4.39 Å². The normalized spacial score (nSPS) is 25.3. The highest BCUT2D eigenvalue weighted by Gasteiger charge is 2.44. The average molecular weight is 486 g/mol. The largest absolute Gasteiger partial charge is 0.356 e. The van der Waals surface area contributed by atoms with E-state index in [0.717, 1.165) is 43.5 Å². The number of nitrogens with one attached hydrogen (secondary N) is 2. The van der Waals surface area contributed by atoms with Gasteiger partial charge < -0.3 is 10.6 Å². The second kappa shape index (κ2) is 9.07. The van der Waals surface area contributed by atoms with Gasteiger partial charge in [-0.05, 0) is 49.8 Å². The highest BCUT2D eigenvalue weighted by Crippen LogP contribution is 2.47. The van der Waals surface area contributed by atoms with Crippen molar-refractivity contribution in [3.8, 4) is 0 Å². The molecule has 2 N–H and O–H groups in total. The fourth-order valence-electron chi connectivity index (χ4n) is 4.68. The fourth-order valence-corrected chi connectivity index (χ4v) is 4.68. The van der Waals surface area contributed by atoms with Crippen LogP contribution in [0.1, 0.15) is 50.5 Å². The first-order chi connectivity index (χ1) is 12.7. The van der Waals surface area contributed by atoms with E-state index in [9.17, 15) is 4.39 Å². The van der Waals surface area contributed by atoms with E-state index in [1.807, 2.05) is 19.2 Å². The molecule has 150 valence electrons. The van der Waals surface area contributed by atoms with Gasteiger partial charge in [-0.2, -0.15) is 0 Å². The number of rotatable bonds is 5. The van der Waals surface area contributed by atoms with Crippen LogP contribution in [0.4, 0.5) is 4.39 Å². The molecule has 4 rings (SSSR count). The average Bonchev–Trinajstić information content (AvgIpc) is 3.05. The second-order valence-electron chi connectivity index (χ2n) is 8.28. The van der Waals surface area contributed by atoms with Crippen LogP contribution in [0, 0.1) is 5.82 Å². The molecule has 0 radical (unpaired) electrons. The molecule has 2 aliphatic carbocycles. The predicted octanol–water partition coefficient (Wildman–Crippen LogP) is 3.66.